The van der Waals surface area contributed by atoms with Crippen molar-refractivity contribution in [2.75, 3.05) is 11.9 Å². The number of anilines is 1. The summed E-state index contributed by atoms with van der Waals surface area (Å²) in [4.78, 5) is 18.1. The minimum atomic E-state index is -1.20. The van der Waals surface area contributed by atoms with Gasteiger partial charge in [0, 0.05) is 13.0 Å². The third kappa shape index (κ3) is 4.46. The van der Waals surface area contributed by atoms with E-state index in [1.807, 2.05) is 6.92 Å². The highest BCUT2D eigenvalue weighted by Gasteiger charge is 2.13. The van der Waals surface area contributed by atoms with Gasteiger partial charge in [-0.1, -0.05) is 18.5 Å². The molecule has 3 N–H and O–H groups in total. The molecular formula is C10H12Cl2N4O2. The van der Waals surface area contributed by atoms with Crippen LogP contribution in [0.15, 0.2) is 6.20 Å². The number of hydrogen-bond donors (Lipinski definition) is 3. The van der Waals surface area contributed by atoms with Gasteiger partial charge in [0.15, 0.2) is 0 Å². The van der Waals surface area contributed by atoms with Crippen molar-refractivity contribution in [3.63, 3.8) is 0 Å². The van der Waals surface area contributed by atoms with Crippen LogP contribution in [-0.2, 0) is 4.79 Å². The summed E-state index contributed by atoms with van der Waals surface area (Å²) >= 11 is 11.5. The Morgan fingerprint density at radius 2 is 2.28 bits per heavy atom. The van der Waals surface area contributed by atoms with E-state index in [0.29, 0.717) is 17.4 Å². The van der Waals surface area contributed by atoms with Crippen LogP contribution >= 0.6 is 23.2 Å². The van der Waals surface area contributed by atoms with Gasteiger partial charge in [-0.05, 0) is 17.5 Å². The molecule has 0 aliphatic rings. The van der Waals surface area contributed by atoms with E-state index in [2.05, 4.69) is 15.3 Å². The summed E-state index contributed by atoms with van der Waals surface area (Å²) in [5, 5.41) is 19.2. The van der Waals surface area contributed by atoms with Crippen LogP contribution in [0.25, 0.3) is 0 Å². The first-order chi connectivity index (χ1) is 8.40. The number of halogens is 2. The molecule has 0 unspecified atom stereocenters. The van der Waals surface area contributed by atoms with E-state index in [-0.39, 0.29) is 23.3 Å². The van der Waals surface area contributed by atoms with Crippen LogP contribution in [0.1, 0.15) is 13.3 Å². The second kappa shape index (κ2) is 6.51. The molecule has 1 heterocycles. The Kier molecular flexibility index (Phi) is 5.30. The summed E-state index contributed by atoms with van der Waals surface area (Å²) < 4.78 is 0. The molecule has 1 atom stereocenters. The fraction of sp³-hybridized carbons (Fsp3) is 0.400. The lowest BCUT2D eigenvalue weighted by Gasteiger charge is -2.13. The minimum absolute atomic E-state index is 0.0431. The molecule has 0 aliphatic heterocycles. The molecule has 0 fully saturated rings. The molecule has 1 rings (SSSR count). The second-order valence-corrected chi connectivity index (χ2v) is 4.55. The van der Waals surface area contributed by atoms with Gasteiger partial charge >= 0.3 is 5.97 Å². The van der Waals surface area contributed by atoms with E-state index >= 15 is 0 Å². The monoisotopic (exact) mass is 290 g/mol. The minimum Gasteiger partial charge on any atom is -0.477 e. The highest BCUT2D eigenvalue weighted by atomic mass is 35.5. The van der Waals surface area contributed by atoms with Crippen LogP contribution in [-0.4, -0.2) is 33.3 Å². The molecule has 98 valence electrons. The average molecular weight is 291 g/mol. The summed E-state index contributed by atoms with van der Waals surface area (Å²) in [5.74, 6) is -0.853. The summed E-state index contributed by atoms with van der Waals surface area (Å²) in [6.45, 7) is 2.25. The zero-order valence-corrected chi connectivity index (χ0v) is 11.1. The fourth-order valence-electron chi connectivity index (χ4n) is 1.25. The van der Waals surface area contributed by atoms with Crippen molar-refractivity contribution >= 4 is 40.7 Å². The van der Waals surface area contributed by atoms with E-state index in [1.54, 1.807) is 0 Å². The molecule has 18 heavy (non-hydrogen) atoms. The van der Waals surface area contributed by atoms with Crippen molar-refractivity contribution < 1.29 is 9.90 Å². The summed E-state index contributed by atoms with van der Waals surface area (Å²) in [7, 11) is 0. The highest BCUT2D eigenvalue weighted by Crippen LogP contribution is 2.19. The van der Waals surface area contributed by atoms with Crippen LogP contribution in [0.4, 0.5) is 5.82 Å². The van der Waals surface area contributed by atoms with Gasteiger partial charge in [0.1, 0.15) is 16.6 Å². The molecule has 0 radical (unpaired) electrons. The summed E-state index contributed by atoms with van der Waals surface area (Å²) in [6.07, 6.45) is 1.54. The van der Waals surface area contributed by atoms with Crippen LogP contribution in [0, 0.1) is 11.3 Å². The van der Waals surface area contributed by atoms with E-state index < -0.39 is 5.97 Å². The van der Waals surface area contributed by atoms with Gasteiger partial charge in [0.25, 0.3) is 0 Å². The third-order valence-electron chi connectivity index (χ3n) is 2.14. The van der Waals surface area contributed by atoms with E-state index in [0.717, 1.165) is 0 Å². The van der Waals surface area contributed by atoms with Crippen molar-refractivity contribution in [3.8, 4) is 0 Å². The Hall–Kier alpha value is -1.40. The molecule has 0 saturated heterocycles. The number of rotatable bonds is 6. The number of hydrogen-bond acceptors (Lipinski definition) is 5. The first kappa shape index (κ1) is 14.7. The zero-order chi connectivity index (χ0) is 13.7. The van der Waals surface area contributed by atoms with Gasteiger partial charge in [0.2, 0.25) is 5.28 Å². The smallest absolute Gasteiger partial charge is 0.349 e. The van der Waals surface area contributed by atoms with Crippen molar-refractivity contribution in [1.29, 1.82) is 5.41 Å². The number of aliphatic carboxylic acids is 1. The maximum atomic E-state index is 10.5. The lowest BCUT2D eigenvalue weighted by molar-refractivity contribution is -0.129. The number of nitrogens with one attached hydrogen (secondary N) is 2. The van der Waals surface area contributed by atoms with Crippen molar-refractivity contribution in [2.45, 2.75) is 13.3 Å². The average Bonchev–Trinajstić information content (AvgIpc) is 2.30. The van der Waals surface area contributed by atoms with Gasteiger partial charge in [-0.15, -0.1) is 0 Å². The van der Waals surface area contributed by atoms with E-state index in [9.17, 15) is 4.79 Å². The molecular weight excluding hydrogens is 279 g/mol. The lowest BCUT2D eigenvalue weighted by atomic mass is 10.0. The topological polar surface area (TPSA) is 99.0 Å². The molecule has 0 aromatic carbocycles. The van der Waals surface area contributed by atoms with Gasteiger partial charge in [-0.2, -0.15) is 4.98 Å². The number of carboxylic acid groups (broad SMARTS) is 1. The molecule has 1 aromatic rings. The number of carboxylic acids is 1. The largest absolute Gasteiger partial charge is 0.477 e. The molecule has 6 nitrogen and oxygen atoms in total. The SMILES string of the molecule is C[C@@H](CNc1nc(Cl)ncc1Cl)CC(=N)C(=O)O. The molecule has 0 saturated carbocycles. The molecule has 0 bridgehead atoms. The quantitative estimate of drug-likeness (QED) is 0.552. The van der Waals surface area contributed by atoms with Crippen molar-refractivity contribution in [3.05, 3.63) is 16.5 Å². The van der Waals surface area contributed by atoms with E-state index in [4.69, 9.17) is 33.7 Å². The molecule has 0 aliphatic carbocycles. The third-order valence-corrected chi connectivity index (χ3v) is 2.60. The van der Waals surface area contributed by atoms with Crippen molar-refractivity contribution in [1.82, 2.24) is 9.97 Å². The fourth-order valence-corrected chi connectivity index (χ4v) is 1.54. The van der Waals surface area contributed by atoms with Crippen molar-refractivity contribution in [2.24, 2.45) is 5.92 Å². The zero-order valence-electron chi connectivity index (χ0n) is 9.57. The predicted octanol–water partition coefficient (Wildman–Crippen LogP) is 2.33. The lowest BCUT2D eigenvalue weighted by Crippen LogP contribution is -2.20. The summed E-state index contributed by atoms with van der Waals surface area (Å²) in [5.41, 5.74) is -0.323. The first-order valence-corrected chi connectivity index (χ1v) is 5.88. The molecule has 1 aromatic heterocycles. The van der Waals surface area contributed by atoms with Crippen LogP contribution < -0.4 is 5.32 Å². The Bertz CT molecular complexity index is 467. The summed E-state index contributed by atoms with van der Waals surface area (Å²) in [6, 6.07) is 0. The van der Waals surface area contributed by atoms with Gasteiger partial charge in [-0.3, -0.25) is 5.41 Å². The molecule has 8 heteroatoms. The standard InChI is InChI=1S/C10H12Cl2N4O2/c1-5(2-7(13)9(17)18)3-14-8-6(11)4-15-10(12)16-8/h4-5,13H,2-3H2,1H3,(H,17,18)(H,14,15,16)/t5-/m1/s1. The van der Waals surface area contributed by atoms with Gasteiger partial charge < -0.3 is 10.4 Å². The predicted molar refractivity (Wildman–Crippen MR) is 69.7 cm³/mol. The van der Waals surface area contributed by atoms with Crippen LogP contribution in [0.3, 0.4) is 0 Å². The normalized spacial score (nSPS) is 11.9. The van der Waals surface area contributed by atoms with Gasteiger partial charge in [-0.25, -0.2) is 9.78 Å². The maximum Gasteiger partial charge on any atom is 0.349 e. The highest BCUT2D eigenvalue weighted by molar-refractivity contribution is 6.34. The van der Waals surface area contributed by atoms with Gasteiger partial charge in [0.05, 0.1) is 6.20 Å². The molecule has 0 spiro atoms. The second-order valence-electron chi connectivity index (χ2n) is 3.81. The number of aromatic nitrogens is 2. The first-order valence-electron chi connectivity index (χ1n) is 5.12. The van der Waals surface area contributed by atoms with Crippen LogP contribution in [0.5, 0.6) is 0 Å². The van der Waals surface area contributed by atoms with E-state index in [1.165, 1.54) is 6.20 Å². The Morgan fingerprint density at radius 3 is 2.89 bits per heavy atom. The number of carbonyl (C=O) groups is 1. The Balaban J connectivity index is 2.52. The maximum absolute atomic E-state index is 10.5. The Morgan fingerprint density at radius 1 is 1.61 bits per heavy atom. The molecule has 0 amide bonds. The Labute approximate surface area is 114 Å². The van der Waals surface area contributed by atoms with Crippen LogP contribution in [0.2, 0.25) is 10.3 Å². The number of nitrogens with zero attached hydrogens (tertiary/aromatic N) is 2.